The Hall–Kier alpha value is -1.79. The van der Waals surface area contributed by atoms with Crippen molar-refractivity contribution in [3.8, 4) is 0 Å². The van der Waals surface area contributed by atoms with Crippen molar-refractivity contribution in [3.63, 3.8) is 0 Å². The van der Waals surface area contributed by atoms with Crippen molar-refractivity contribution in [2.24, 2.45) is 0 Å². The van der Waals surface area contributed by atoms with Crippen LogP contribution < -0.4 is 10.6 Å². The molecule has 1 aliphatic carbocycles. The van der Waals surface area contributed by atoms with Gasteiger partial charge in [-0.1, -0.05) is 0 Å². The molecule has 1 aliphatic rings. The lowest BCUT2D eigenvalue weighted by Gasteiger charge is -2.11. The van der Waals surface area contributed by atoms with Crippen molar-refractivity contribution in [2.45, 2.75) is 32.0 Å². The maximum Gasteiger partial charge on any atom is 0.433 e. The largest absolute Gasteiger partial charge is 0.433 e. The molecular formula is C11H12F3N3O. The first-order valence-corrected chi connectivity index (χ1v) is 5.48. The Kier molecular flexibility index (Phi) is 3.14. The fraction of sp³-hybridized carbons (Fsp3) is 0.455. The van der Waals surface area contributed by atoms with Crippen LogP contribution in [0.25, 0.3) is 0 Å². The fourth-order valence-electron chi connectivity index (χ4n) is 1.42. The molecule has 0 spiro atoms. The SMILES string of the molecule is Cc1nc(C(F)(F)F)ccc1NC(=O)NC1CC1. The third-order valence-corrected chi connectivity index (χ3v) is 2.54. The lowest BCUT2D eigenvalue weighted by molar-refractivity contribution is -0.141. The van der Waals surface area contributed by atoms with E-state index in [2.05, 4.69) is 15.6 Å². The average Bonchev–Trinajstić information content (AvgIpc) is 3.03. The van der Waals surface area contributed by atoms with Gasteiger partial charge in [0.1, 0.15) is 5.69 Å². The molecule has 98 valence electrons. The molecule has 0 saturated heterocycles. The second-order valence-corrected chi connectivity index (χ2v) is 4.20. The minimum atomic E-state index is -4.47. The molecule has 0 atom stereocenters. The second-order valence-electron chi connectivity index (χ2n) is 4.20. The van der Waals surface area contributed by atoms with Crippen LogP contribution in [0, 0.1) is 6.92 Å². The Bertz CT molecular complexity index is 469. The molecule has 1 aromatic heterocycles. The molecule has 2 amide bonds. The third-order valence-electron chi connectivity index (χ3n) is 2.54. The minimum absolute atomic E-state index is 0.135. The van der Waals surface area contributed by atoms with Crippen molar-refractivity contribution in [1.82, 2.24) is 10.3 Å². The summed E-state index contributed by atoms with van der Waals surface area (Å²) in [4.78, 5) is 14.8. The van der Waals surface area contributed by atoms with E-state index in [1.165, 1.54) is 13.0 Å². The molecule has 18 heavy (non-hydrogen) atoms. The Labute approximate surface area is 102 Å². The van der Waals surface area contributed by atoms with E-state index < -0.39 is 17.9 Å². The number of amides is 2. The fourth-order valence-corrected chi connectivity index (χ4v) is 1.42. The van der Waals surface area contributed by atoms with Crippen LogP contribution in [0.5, 0.6) is 0 Å². The van der Waals surface area contributed by atoms with Crippen LogP contribution in [0.15, 0.2) is 12.1 Å². The highest BCUT2D eigenvalue weighted by Crippen LogP contribution is 2.29. The van der Waals surface area contributed by atoms with Gasteiger partial charge in [0.15, 0.2) is 0 Å². The van der Waals surface area contributed by atoms with E-state index in [-0.39, 0.29) is 17.4 Å². The van der Waals surface area contributed by atoms with Crippen LogP contribution >= 0.6 is 0 Å². The van der Waals surface area contributed by atoms with Gasteiger partial charge in [-0.15, -0.1) is 0 Å². The number of carbonyl (C=O) groups excluding carboxylic acids is 1. The van der Waals surface area contributed by atoms with Crippen molar-refractivity contribution in [3.05, 3.63) is 23.5 Å². The summed E-state index contributed by atoms with van der Waals surface area (Å²) in [6, 6.07) is 1.83. The highest BCUT2D eigenvalue weighted by Gasteiger charge is 2.32. The number of pyridine rings is 1. The monoisotopic (exact) mass is 259 g/mol. The van der Waals surface area contributed by atoms with Crippen molar-refractivity contribution >= 4 is 11.7 Å². The molecular weight excluding hydrogens is 247 g/mol. The summed E-state index contributed by atoms with van der Waals surface area (Å²) >= 11 is 0. The maximum absolute atomic E-state index is 12.4. The summed E-state index contributed by atoms with van der Waals surface area (Å²) in [6.45, 7) is 1.42. The number of aromatic nitrogens is 1. The number of halogens is 3. The van der Waals surface area contributed by atoms with Crippen molar-refractivity contribution in [1.29, 1.82) is 0 Å². The molecule has 0 radical (unpaired) electrons. The van der Waals surface area contributed by atoms with Crippen LogP contribution in [0.1, 0.15) is 24.2 Å². The number of nitrogens with zero attached hydrogens (tertiary/aromatic N) is 1. The van der Waals surface area contributed by atoms with Gasteiger partial charge in [0.2, 0.25) is 0 Å². The van der Waals surface area contributed by atoms with Gasteiger partial charge in [-0.25, -0.2) is 9.78 Å². The zero-order chi connectivity index (χ0) is 13.3. The van der Waals surface area contributed by atoms with Gasteiger partial charge in [-0.05, 0) is 31.9 Å². The summed E-state index contributed by atoms with van der Waals surface area (Å²) in [5.41, 5.74) is -0.551. The topological polar surface area (TPSA) is 54.0 Å². The molecule has 2 rings (SSSR count). The van der Waals surface area contributed by atoms with Crippen molar-refractivity contribution in [2.75, 3.05) is 5.32 Å². The number of anilines is 1. The summed E-state index contributed by atoms with van der Waals surface area (Å²) in [5, 5.41) is 5.15. The lowest BCUT2D eigenvalue weighted by Crippen LogP contribution is -2.30. The van der Waals surface area contributed by atoms with E-state index in [9.17, 15) is 18.0 Å². The number of hydrogen-bond donors (Lipinski definition) is 2. The second kappa shape index (κ2) is 4.47. The van der Waals surface area contributed by atoms with E-state index in [1.807, 2.05) is 0 Å². The molecule has 2 N–H and O–H groups in total. The van der Waals surface area contributed by atoms with Gasteiger partial charge < -0.3 is 10.6 Å². The standard InChI is InChI=1S/C11H12F3N3O/c1-6-8(17-10(18)16-7-2-3-7)4-5-9(15-6)11(12,13)14/h4-5,7H,2-3H2,1H3,(H2,16,17,18). The number of aryl methyl sites for hydroxylation is 1. The van der Waals surface area contributed by atoms with E-state index in [0.29, 0.717) is 0 Å². The third kappa shape index (κ3) is 3.12. The molecule has 1 fully saturated rings. The molecule has 0 unspecified atom stereocenters. The van der Waals surface area contributed by atoms with Gasteiger partial charge in [-0.3, -0.25) is 0 Å². The van der Waals surface area contributed by atoms with Crippen LogP contribution in [-0.4, -0.2) is 17.1 Å². The number of hydrogen-bond acceptors (Lipinski definition) is 2. The summed E-state index contributed by atoms with van der Waals surface area (Å²) < 4.78 is 37.1. The van der Waals surface area contributed by atoms with Gasteiger partial charge >= 0.3 is 12.2 Å². The van der Waals surface area contributed by atoms with E-state index in [4.69, 9.17) is 0 Å². The van der Waals surface area contributed by atoms with E-state index in [0.717, 1.165) is 18.9 Å². The molecule has 0 aromatic carbocycles. The zero-order valence-corrected chi connectivity index (χ0v) is 9.64. The quantitative estimate of drug-likeness (QED) is 0.858. The predicted molar refractivity (Wildman–Crippen MR) is 59.2 cm³/mol. The molecule has 4 nitrogen and oxygen atoms in total. The molecule has 1 heterocycles. The van der Waals surface area contributed by atoms with Crippen LogP contribution in [0.2, 0.25) is 0 Å². The maximum atomic E-state index is 12.4. The summed E-state index contributed by atoms with van der Waals surface area (Å²) in [7, 11) is 0. The smallest absolute Gasteiger partial charge is 0.335 e. The predicted octanol–water partition coefficient (Wildman–Crippen LogP) is 2.69. The Morgan fingerprint density at radius 1 is 1.39 bits per heavy atom. The molecule has 7 heteroatoms. The van der Waals surface area contributed by atoms with Crippen LogP contribution in [-0.2, 0) is 6.18 Å². The summed E-state index contributed by atoms with van der Waals surface area (Å²) in [6.07, 6.45) is -2.59. The first kappa shape index (κ1) is 12.7. The van der Waals surface area contributed by atoms with E-state index >= 15 is 0 Å². The number of rotatable bonds is 2. The highest BCUT2D eigenvalue weighted by molar-refractivity contribution is 5.90. The lowest BCUT2D eigenvalue weighted by atomic mass is 10.2. The first-order chi connectivity index (χ1) is 8.36. The van der Waals surface area contributed by atoms with Gasteiger partial charge in [0.25, 0.3) is 0 Å². The van der Waals surface area contributed by atoms with Crippen molar-refractivity contribution < 1.29 is 18.0 Å². The van der Waals surface area contributed by atoms with Gasteiger partial charge in [0.05, 0.1) is 11.4 Å². The number of carbonyl (C=O) groups is 1. The number of alkyl halides is 3. The highest BCUT2D eigenvalue weighted by atomic mass is 19.4. The van der Waals surface area contributed by atoms with Gasteiger partial charge in [0, 0.05) is 6.04 Å². The molecule has 1 saturated carbocycles. The first-order valence-electron chi connectivity index (χ1n) is 5.48. The van der Waals surface area contributed by atoms with Crippen LogP contribution in [0.4, 0.5) is 23.7 Å². The Balaban J connectivity index is 2.07. The van der Waals surface area contributed by atoms with E-state index in [1.54, 1.807) is 0 Å². The van der Waals surface area contributed by atoms with Crippen LogP contribution in [0.3, 0.4) is 0 Å². The molecule has 0 bridgehead atoms. The zero-order valence-electron chi connectivity index (χ0n) is 9.64. The molecule has 0 aliphatic heterocycles. The normalized spacial score (nSPS) is 15.3. The Morgan fingerprint density at radius 2 is 2.06 bits per heavy atom. The number of nitrogens with one attached hydrogen (secondary N) is 2. The average molecular weight is 259 g/mol. The molecule has 1 aromatic rings. The Morgan fingerprint density at radius 3 is 2.56 bits per heavy atom. The summed E-state index contributed by atoms with van der Waals surface area (Å²) in [5.74, 6) is 0. The number of urea groups is 1. The minimum Gasteiger partial charge on any atom is -0.335 e. The van der Waals surface area contributed by atoms with Gasteiger partial charge in [-0.2, -0.15) is 13.2 Å².